The van der Waals surface area contributed by atoms with Crippen molar-refractivity contribution < 1.29 is 13.9 Å². The second-order valence-electron chi connectivity index (χ2n) is 5.08. The number of halogens is 2. The number of ether oxygens (including phenoxy) is 2. The third-order valence-corrected chi connectivity index (χ3v) is 4.26. The Morgan fingerprint density at radius 1 is 1.08 bits per heavy atom. The molecule has 0 N–H and O–H groups in total. The fourth-order valence-corrected chi connectivity index (χ4v) is 2.48. The van der Waals surface area contributed by atoms with Gasteiger partial charge in [-0.1, -0.05) is 0 Å². The van der Waals surface area contributed by atoms with E-state index < -0.39 is 0 Å². The fourth-order valence-electron chi connectivity index (χ4n) is 2.26. The zero-order valence-electron chi connectivity index (χ0n) is 13.1. The highest BCUT2D eigenvalue weighted by molar-refractivity contribution is 9.10. The molecule has 0 saturated carbocycles. The highest BCUT2D eigenvalue weighted by atomic mass is 79.9. The van der Waals surface area contributed by atoms with Gasteiger partial charge in [0.2, 0.25) is 5.88 Å². The van der Waals surface area contributed by atoms with Crippen molar-refractivity contribution in [3.63, 3.8) is 0 Å². The molecule has 2 aromatic heterocycles. The molecule has 6 heteroatoms. The molecular formula is C18H14BrFN2O2. The molecule has 0 aliphatic heterocycles. The quantitative estimate of drug-likeness (QED) is 0.579. The Bertz CT molecular complexity index is 887. The third-order valence-electron chi connectivity index (χ3n) is 3.43. The average Bonchev–Trinajstić information content (AvgIpc) is 2.59. The molecule has 0 spiro atoms. The molecule has 0 saturated heterocycles. The van der Waals surface area contributed by atoms with Crippen LogP contribution in [0, 0.1) is 12.7 Å². The molecule has 0 fully saturated rings. The van der Waals surface area contributed by atoms with Crippen LogP contribution < -0.4 is 9.47 Å². The van der Waals surface area contributed by atoms with Crippen molar-refractivity contribution >= 4 is 15.9 Å². The standard InChI is InChI=1S/C18H14BrFN2O2/c1-11-8-13(10-22-17(11)19)24-18-15(4-3-7-21-18)14-6-5-12(20)9-16(14)23-2/h3-10H,1-2H3. The lowest BCUT2D eigenvalue weighted by atomic mass is 10.1. The molecule has 24 heavy (non-hydrogen) atoms. The fraction of sp³-hybridized carbons (Fsp3) is 0.111. The number of pyridine rings is 2. The third kappa shape index (κ3) is 3.38. The van der Waals surface area contributed by atoms with Crippen LogP contribution in [0.2, 0.25) is 0 Å². The molecule has 0 amide bonds. The second-order valence-corrected chi connectivity index (χ2v) is 5.83. The number of methoxy groups -OCH3 is 1. The van der Waals surface area contributed by atoms with Gasteiger partial charge in [0, 0.05) is 23.4 Å². The number of hydrogen-bond donors (Lipinski definition) is 0. The number of nitrogens with zero attached hydrogens (tertiary/aromatic N) is 2. The van der Waals surface area contributed by atoms with Crippen molar-refractivity contribution in [1.82, 2.24) is 9.97 Å². The van der Waals surface area contributed by atoms with Gasteiger partial charge in [-0.15, -0.1) is 0 Å². The SMILES string of the molecule is COc1cc(F)ccc1-c1cccnc1Oc1cnc(Br)c(C)c1. The Kier molecular flexibility index (Phi) is 4.76. The summed E-state index contributed by atoms with van der Waals surface area (Å²) in [6.45, 7) is 1.92. The molecule has 1 aromatic carbocycles. The Labute approximate surface area is 147 Å². The van der Waals surface area contributed by atoms with Gasteiger partial charge >= 0.3 is 0 Å². The van der Waals surface area contributed by atoms with Gasteiger partial charge in [0.25, 0.3) is 0 Å². The number of aromatic nitrogens is 2. The van der Waals surface area contributed by atoms with E-state index >= 15 is 0 Å². The van der Waals surface area contributed by atoms with Gasteiger partial charge in [-0.3, -0.25) is 0 Å². The number of hydrogen-bond acceptors (Lipinski definition) is 4. The molecule has 122 valence electrons. The van der Waals surface area contributed by atoms with E-state index in [-0.39, 0.29) is 5.82 Å². The predicted molar refractivity (Wildman–Crippen MR) is 92.9 cm³/mol. The van der Waals surface area contributed by atoms with Crippen molar-refractivity contribution in [2.45, 2.75) is 6.92 Å². The lowest BCUT2D eigenvalue weighted by Crippen LogP contribution is -1.95. The summed E-state index contributed by atoms with van der Waals surface area (Å²) >= 11 is 3.36. The van der Waals surface area contributed by atoms with E-state index in [0.29, 0.717) is 28.5 Å². The molecule has 4 nitrogen and oxygen atoms in total. The van der Waals surface area contributed by atoms with Gasteiger partial charge in [0.05, 0.1) is 13.3 Å². The molecule has 3 aromatic rings. The molecule has 0 unspecified atom stereocenters. The van der Waals surface area contributed by atoms with Gasteiger partial charge < -0.3 is 9.47 Å². The van der Waals surface area contributed by atoms with Crippen LogP contribution in [-0.2, 0) is 0 Å². The summed E-state index contributed by atoms with van der Waals surface area (Å²) in [6.07, 6.45) is 3.24. The van der Waals surface area contributed by atoms with Gasteiger partial charge in [0.1, 0.15) is 21.9 Å². The molecular weight excluding hydrogens is 375 g/mol. The van der Waals surface area contributed by atoms with Crippen LogP contribution in [0.1, 0.15) is 5.56 Å². The van der Waals surface area contributed by atoms with Crippen LogP contribution in [0.15, 0.2) is 53.4 Å². The van der Waals surface area contributed by atoms with Crippen molar-refractivity contribution in [2.24, 2.45) is 0 Å². The first kappa shape index (κ1) is 16.4. The molecule has 0 bridgehead atoms. The molecule has 0 radical (unpaired) electrons. The number of rotatable bonds is 4. The smallest absolute Gasteiger partial charge is 0.227 e. The first-order valence-corrected chi connectivity index (χ1v) is 7.96. The highest BCUT2D eigenvalue weighted by Crippen LogP contribution is 2.37. The topological polar surface area (TPSA) is 44.2 Å². The summed E-state index contributed by atoms with van der Waals surface area (Å²) in [4.78, 5) is 8.50. The minimum absolute atomic E-state index is 0.366. The van der Waals surface area contributed by atoms with Crippen molar-refractivity contribution in [3.05, 3.63) is 64.8 Å². The van der Waals surface area contributed by atoms with Crippen LogP contribution in [-0.4, -0.2) is 17.1 Å². The minimum Gasteiger partial charge on any atom is -0.496 e. The summed E-state index contributed by atoms with van der Waals surface area (Å²) in [6, 6.07) is 9.84. The summed E-state index contributed by atoms with van der Waals surface area (Å²) in [7, 11) is 1.50. The molecule has 2 heterocycles. The Morgan fingerprint density at radius 3 is 2.67 bits per heavy atom. The zero-order valence-corrected chi connectivity index (χ0v) is 14.7. The molecule has 0 atom stereocenters. The Hall–Kier alpha value is -2.47. The van der Waals surface area contributed by atoms with E-state index in [4.69, 9.17) is 9.47 Å². The van der Waals surface area contributed by atoms with Crippen LogP contribution >= 0.6 is 15.9 Å². The maximum atomic E-state index is 13.4. The molecule has 0 aliphatic rings. The molecule has 0 aliphatic carbocycles. The first-order chi connectivity index (χ1) is 11.6. The minimum atomic E-state index is -0.366. The van der Waals surface area contributed by atoms with E-state index in [1.54, 1.807) is 24.5 Å². The van der Waals surface area contributed by atoms with Gasteiger partial charge in [-0.2, -0.15) is 0 Å². The van der Waals surface area contributed by atoms with Gasteiger partial charge in [-0.25, -0.2) is 14.4 Å². The van der Waals surface area contributed by atoms with Crippen molar-refractivity contribution in [3.8, 4) is 28.5 Å². The summed E-state index contributed by atoms with van der Waals surface area (Å²) in [5.74, 6) is 1.01. The van der Waals surface area contributed by atoms with E-state index in [9.17, 15) is 4.39 Å². The van der Waals surface area contributed by atoms with E-state index in [1.165, 1.54) is 19.2 Å². The van der Waals surface area contributed by atoms with E-state index in [0.717, 1.165) is 10.2 Å². The summed E-state index contributed by atoms with van der Waals surface area (Å²) < 4.78 is 25.4. The summed E-state index contributed by atoms with van der Waals surface area (Å²) in [5, 5.41) is 0. The van der Waals surface area contributed by atoms with E-state index in [1.807, 2.05) is 19.1 Å². The normalized spacial score (nSPS) is 10.5. The maximum absolute atomic E-state index is 13.4. The van der Waals surface area contributed by atoms with Crippen LogP contribution in [0.3, 0.4) is 0 Å². The van der Waals surface area contributed by atoms with Crippen molar-refractivity contribution in [2.75, 3.05) is 7.11 Å². The average molecular weight is 389 g/mol. The van der Waals surface area contributed by atoms with Crippen LogP contribution in [0.5, 0.6) is 17.4 Å². The number of aryl methyl sites for hydroxylation is 1. The lowest BCUT2D eigenvalue weighted by molar-refractivity contribution is 0.412. The zero-order chi connectivity index (χ0) is 17.1. The van der Waals surface area contributed by atoms with Crippen LogP contribution in [0.4, 0.5) is 4.39 Å². The monoisotopic (exact) mass is 388 g/mol. The largest absolute Gasteiger partial charge is 0.496 e. The first-order valence-electron chi connectivity index (χ1n) is 7.17. The van der Waals surface area contributed by atoms with E-state index in [2.05, 4.69) is 25.9 Å². The van der Waals surface area contributed by atoms with Gasteiger partial charge in [-0.05, 0) is 58.7 Å². The lowest BCUT2D eigenvalue weighted by Gasteiger charge is -2.13. The van der Waals surface area contributed by atoms with Crippen LogP contribution in [0.25, 0.3) is 11.1 Å². The number of benzene rings is 1. The predicted octanol–water partition coefficient (Wildman–Crippen LogP) is 5.15. The second kappa shape index (κ2) is 6.97. The maximum Gasteiger partial charge on any atom is 0.227 e. The summed E-state index contributed by atoms with van der Waals surface area (Å²) in [5.41, 5.74) is 2.35. The van der Waals surface area contributed by atoms with Gasteiger partial charge in [0.15, 0.2) is 0 Å². The van der Waals surface area contributed by atoms with Crippen molar-refractivity contribution in [1.29, 1.82) is 0 Å². The molecule has 3 rings (SSSR count). The Balaban J connectivity index is 2.04. The Morgan fingerprint density at radius 2 is 1.92 bits per heavy atom. The highest BCUT2D eigenvalue weighted by Gasteiger charge is 2.14.